The van der Waals surface area contributed by atoms with Gasteiger partial charge in [0.1, 0.15) is 0 Å². The summed E-state index contributed by atoms with van der Waals surface area (Å²) in [5.74, 6) is 0.940. The number of nitrogens with one attached hydrogen (secondary N) is 2. The van der Waals surface area contributed by atoms with Crippen molar-refractivity contribution in [3.8, 4) is 0 Å². The lowest BCUT2D eigenvalue weighted by Crippen LogP contribution is -2.48. The molecular weight excluding hydrogens is 300 g/mol. The summed E-state index contributed by atoms with van der Waals surface area (Å²) in [6.07, 6.45) is 3.28. The first-order valence-corrected chi connectivity index (χ1v) is 9.12. The molecule has 0 aromatic heterocycles. The van der Waals surface area contributed by atoms with E-state index in [0.29, 0.717) is 6.04 Å². The fraction of sp³-hybridized carbons (Fsp3) is 0.632. The van der Waals surface area contributed by atoms with Crippen LogP contribution in [0.4, 0.5) is 0 Å². The monoisotopic (exact) mass is 332 g/mol. The van der Waals surface area contributed by atoms with Crippen LogP contribution in [-0.2, 0) is 11.3 Å². The first-order valence-electron chi connectivity index (χ1n) is 9.12. The Morgan fingerprint density at radius 2 is 2.00 bits per heavy atom. The van der Waals surface area contributed by atoms with Crippen LogP contribution in [0, 0.1) is 0 Å². The summed E-state index contributed by atoms with van der Waals surface area (Å²) >= 11 is 0. The van der Waals surface area contributed by atoms with Gasteiger partial charge in [0, 0.05) is 52.5 Å². The van der Waals surface area contributed by atoms with Gasteiger partial charge >= 0.3 is 0 Å². The number of rotatable bonds is 8. The van der Waals surface area contributed by atoms with Gasteiger partial charge in [0.15, 0.2) is 5.96 Å². The maximum absolute atomic E-state index is 5.08. The summed E-state index contributed by atoms with van der Waals surface area (Å²) in [5, 5.41) is 6.93. The molecule has 0 atom stereocenters. The van der Waals surface area contributed by atoms with Crippen LogP contribution in [-0.4, -0.2) is 56.8 Å². The Morgan fingerprint density at radius 1 is 1.25 bits per heavy atom. The SMILES string of the molecule is CCNC(=NCCCOC)NC1CCN(Cc2ccccc2)CC1. The van der Waals surface area contributed by atoms with E-state index in [1.54, 1.807) is 7.11 Å². The van der Waals surface area contributed by atoms with Gasteiger partial charge in [-0.3, -0.25) is 9.89 Å². The van der Waals surface area contributed by atoms with Crippen molar-refractivity contribution in [3.05, 3.63) is 35.9 Å². The number of hydrogen-bond acceptors (Lipinski definition) is 3. The Labute approximate surface area is 146 Å². The fourth-order valence-corrected chi connectivity index (χ4v) is 2.99. The zero-order valence-corrected chi connectivity index (χ0v) is 15.1. The average molecular weight is 332 g/mol. The van der Waals surface area contributed by atoms with E-state index >= 15 is 0 Å². The Morgan fingerprint density at radius 3 is 2.67 bits per heavy atom. The molecule has 1 fully saturated rings. The molecule has 0 amide bonds. The maximum Gasteiger partial charge on any atom is 0.191 e. The molecule has 0 bridgehead atoms. The average Bonchev–Trinajstić information content (AvgIpc) is 2.61. The van der Waals surface area contributed by atoms with Crippen LogP contribution < -0.4 is 10.6 Å². The van der Waals surface area contributed by atoms with Crippen molar-refractivity contribution in [1.29, 1.82) is 0 Å². The molecule has 0 spiro atoms. The summed E-state index contributed by atoms with van der Waals surface area (Å²) in [6.45, 7) is 7.89. The van der Waals surface area contributed by atoms with Crippen LogP contribution >= 0.6 is 0 Å². The highest BCUT2D eigenvalue weighted by Crippen LogP contribution is 2.13. The number of piperidine rings is 1. The number of methoxy groups -OCH3 is 1. The highest BCUT2D eigenvalue weighted by atomic mass is 16.5. The van der Waals surface area contributed by atoms with Crippen molar-refractivity contribution in [3.63, 3.8) is 0 Å². The van der Waals surface area contributed by atoms with Gasteiger partial charge in [-0.1, -0.05) is 30.3 Å². The number of aliphatic imine (C=N–C) groups is 1. The zero-order valence-electron chi connectivity index (χ0n) is 15.1. The summed E-state index contributed by atoms with van der Waals surface area (Å²) in [5.41, 5.74) is 1.40. The molecule has 0 unspecified atom stereocenters. The summed E-state index contributed by atoms with van der Waals surface area (Å²) in [7, 11) is 1.73. The highest BCUT2D eigenvalue weighted by molar-refractivity contribution is 5.80. The third-order valence-electron chi connectivity index (χ3n) is 4.30. The third-order valence-corrected chi connectivity index (χ3v) is 4.30. The number of nitrogens with zero attached hydrogens (tertiary/aromatic N) is 2. The van der Waals surface area contributed by atoms with Gasteiger partial charge < -0.3 is 15.4 Å². The maximum atomic E-state index is 5.08. The Bertz CT molecular complexity index is 470. The lowest BCUT2D eigenvalue weighted by atomic mass is 10.0. The molecule has 1 heterocycles. The van der Waals surface area contributed by atoms with E-state index < -0.39 is 0 Å². The smallest absolute Gasteiger partial charge is 0.191 e. The van der Waals surface area contributed by atoms with Crippen LogP contribution in [0.1, 0.15) is 31.7 Å². The van der Waals surface area contributed by atoms with E-state index in [1.807, 2.05) is 0 Å². The zero-order chi connectivity index (χ0) is 17.0. The Hall–Kier alpha value is -1.59. The third kappa shape index (κ3) is 6.89. The fourth-order valence-electron chi connectivity index (χ4n) is 2.99. The van der Waals surface area contributed by atoms with Gasteiger partial charge in [0.05, 0.1) is 0 Å². The van der Waals surface area contributed by atoms with Gasteiger partial charge in [-0.15, -0.1) is 0 Å². The number of guanidine groups is 1. The van der Waals surface area contributed by atoms with Crippen molar-refractivity contribution < 1.29 is 4.74 Å². The quantitative estimate of drug-likeness (QED) is 0.435. The molecule has 1 aromatic rings. The van der Waals surface area contributed by atoms with E-state index in [1.165, 1.54) is 5.56 Å². The number of hydrogen-bond donors (Lipinski definition) is 2. The first kappa shape index (κ1) is 18.7. The van der Waals surface area contributed by atoms with E-state index in [-0.39, 0.29) is 0 Å². The van der Waals surface area contributed by atoms with Crippen molar-refractivity contribution in [2.45, 2.75) is 38.8 Å². The second kappa shape index (κ2) is 11.0. The Balaban J connectivity index is 1.73. The highest BCUT2D eigenvalue weighted by Gasteiger charge is 2.19. The van der Waals surface area contributed by atoms with Crippen LogP contribution in [0.3, 0.4) is 0 Å². The van der Waals surface area contributed by atoms with E-state index in [9.17, 15) is 0 Å². The van der Waals surface area contributed by atoms with Gasteiger partial charge in [-0.2, -0.15) is 0 Å². The number of ether oxygens (including phenoxy) is 1. The normalized spacial score (nSPS) is 17.0. The molecule has 1 saturated heterocycles. The van der Waals surface area contributed by atoms with E-state index in [2.05, 4.69) is 57.8 Å². The predicted molar refractivity (Wildman–Crippen MR) is 100 cm³/mol. The molecule has 1 aliphatic heterocycles. The van der Waals surface area contributed by atoms with Gasteiger partial charge in [0.2, 0.25) is 0 Å². The first-order chi connectivity index (χ1) is 11.8. The molecule has 5 nitrogen and oxygen atoms in total. The van der Waals surface area contributed by atoms with Crippen molar-refractivity contribution in [1.82, 2.24) is 15.5 Å². The standard InChI is InChI=1S/C19H32N4O/c1-3-20-19(21-12-7-15-24-2)22-18-10-13-23(14-11-18)16-17-8-5-4-6-9-17/h4-6,8-9,18H,3,7,10-16H2,1-2H3,(H2,20,21,22). The predicted octanol–water partition coefficient (Wildman–Crippen LogP) is 2.24. The van der Waals surface area contributed by atoms with Crippen molar-refractivity contribution in [2.75, 3.05) is 39.9 Å². The molecule has 0 radical (unpaired) electrons. The van der Waals surface area contributed by atoms with E-state index in [0.717, 1.165) is 64.6 Å². The number of benzene rings is 1. The molecule has 2 N–H and O–H groups in total. The molecule has 24 heavy (non-hydrogen) atoms. The minimum absolute atomic E-state index is 0.511. The summed E-state index contributed by atoms with van der Waals surface area (Å²) in [4.78, 5) is 7.17. The molecule has 2 rings (SSSR count). The second-order valence-electron chi connectivity index (χ2n) is 6.29. The second-order valence-corrected chi connectivity index (χ2v) is 6.29. The molecule has 0 saturated carbocycles. The molecule has 134 valence electrons. The van der Waals surface area contributed by atoms with Gasteiger partial charge in [-0.05, 0) is 31.7 Å². The topological polar surface area (TPSA) is 48.9 Å². The minimum Gasteiger partial charge on any atom is -0.385 e. The van der Waals surface area contributed by atoms with Crippen LogP contribution in [0.15, 0.2) is 35.3 Å². The van der Waals surface area contributed by atoms with Crippen molar-refractivity contribution in [2.24, 2.45) is 4.99 Å². The van der Waals surface area contributed by atoms with Crippen LogP contribution in [0.5, 0.6) is 0 Å². The molecular formula is C19H32N4O. The minimum atomic E-state index is 0.511. The largest absolute Gasteiger partial charge is 0.385 e. The van der Waals surface area contributed by atoms with Gasteiger partial charge in [-0.25, -0.2) is 0 Å². The molecule has 5 heteroatoms. The molecule has 0 aliphatic carbocycles. The lowest BCUT2D eigenvalue weighted by molar-refractivity contribution is 0.196. The Kier molecular flexibility index (Phi) is 8.63. The van der Waals surface area contributed by atoms with E-state index in [4.69, 9.17) is 4.74 Å². The van der Waals surface area contributed by atoms with Gasteiger partial charge in [0.25, 0.3) is 0 Å². The molecule has 1 aliphatic rings. The van der Waals surface area contributed by atoms with Crippen LogP contribution in [0.2, 0.25) is 0 Å². The lowest BCUT2D eigenvalue weighted by Gasteiger charge is -2.33. The summed E-state index contributed by atoms with van der Waals surface area (Å²) < 4.78 is 5.08. The summed E-state index contributed by atoms with van der Waals surface area (Å²) in [6, 6.07) is 11.2. The molecule has 1 aromatic carbocycles. The van der Waals surface area contributed by atoms with Crippen LogP contribution in [0.25, 0.3) is 0 Å². The van der Waals surface area contributed by atoms with Crippen molar-refractivity contribution >= 4 is 5.96 Å². The number of likely N-dealkylation sites (tertiary alicyclic amines) is 1.